The van der Waals surface area contributed by atoms with Gasteiger partial charge in [-0.2, -0.15) is 0 Å². The molecule has 0 saturated heterocycles. The maximum Gasteiger partial charge on any atom is 0.322 e. The maximum absolute atomic E-state index is 11.9. The SMILES string of the molecule is C=C(Br)C(NC(C)=O)C(C(=O)OCC)C(=O)OCC. The van der Waals surface area contributed by atoms with E-state index in [-0.39, 0.29) is 17.7 Å². The van der Waals surface area contributed by atoms with Crippen molar-refractivity contribution in [3.8, 4) is 0 Å². The van der Waals surface area contributed by atoms with Gasteiger partial charge in [0.15, 0.2) is 5.92 Å². The van der Waals surface area contributed by atoms with E-state index < -0.39 is 29.8 Å². The predicted octanol–water partition coefficient (Wildman–Crippen LogP) is 1.14. The lowest BCUT2D eigenvalue weighted by Crippen LogP contribution is -2.47. The first kappa shape index (κ1) is 17.6. The highest BCUT2D eigenvalue weighted by molar-refractivity contribution is 9.11. The molecular weight excluding hydrogens is 318 g/mol. The number of ether oxygens (including phenoxy) is 2. The van der Waals surface area contributed by atoms with Crippen molar-refractivity contribution in [3.05, 3.63) is 11.1 Å². The Morgan fingerprint density at radius 1 is 1.16 bits per heavy atom. The van der Waals surface area contributed by atoms with Crippen LogP contribution in [0.2, 0.25) is 0 Å². The van der Waals surface area contributed by atoms with Gasteiger partial charge in [-0.1, -0.05) is 22.5 Å². The second kappa shape index (κ2) is 8.68. The van der Waals surface area contributed by atoms with Crippen molar-refractivity contribution in [3.63, 3.8) is 0 Å². The van der Waals surface area contributed by atoms with E-state index in [1.807, 2.05) is 0 Å². The molecule has 1 N–H and O–H groups in total. The third-order valence-corrected chi connectivity index (χ3v) is 2.60. The van der Waals surface area contributed by atoms with Crippen LogP contribution >= 0.6 is 15.9 Å². The molecule has 108 valence electrons. The average molecular weight is 336 g/mol. The van der Waals surface area contributed by atoms with Crippen LogP contribution in [0.15, 0.2) is 11.1 Å². The molecule has 0 bridgehead atoms. The van der Waals surface area contributed by atoms with Crippen LogP contribution in [0.25, 0.3) is 0 Å². The molecule has 0 heterocycles. The zero-order chi connectivity index (χ0) is 15.0. The number of rotatable bonds is 7. The molecule has 0 fully saturated rings. The number of esters is 2. The lowest BCUT2D eigenvalue weighted by Gasteiger charge is -2.24. The molecule has 1 atom stereocenters. The van der Waals surface area contributed by atoms with Crippen LogP contribution in [0.1, 0.15) is 20.8 Å². The summed E-state index contributed by atoms with van der Waals surface area (Å²) in [5.41, 5.74) is 0. The van der Waals surface area contributed by atoms with Gasteiger partial charge in [0.05, 0.1) is 19.3 Å². The topological polar surface area (TPSA) is 81.7 Å². The maximum atomic E-state index is 11.9. The first-order chi connectivity index (χ1) is 8.84. The fourth-order valence-electron chi connectivity index (χ4n) is 1.39. The Hall–Kier alpha value is -1.37. The Labute approximate surface area is 120 Å². The largest absolute Gasteiger partial charge is 0.465 e. The Balaban J connectivity index is 5.25. The number of halogens is 1. The molecule has 0 aromatic heterocycles. The molecule has 6 nitrogen and oxygen atoms in total. The summed E-state index contributed by atoms with van der Waals surface area (Å²) in [5.74, 6) is -3.21. The van der Waals surface area contributed by atoms with Gasteiger partial charge in [-0.3, -0.25) is 14.4 Å². The second-order valence-corrected chi connectivity index (χ2v) is 4.63. The number of nitrogens with one attached hydrogen (secondary N) is 1. The highest BCUT2D eigenvalue weighted by atomic mass is 79.9. The standard InChI is InChI=1S/C12H18BrNO5/c1-5-18-11(16)9(12(17)19-6-2)10(7(3)13)14-8(4)15/h9-10H,3,5-6H2,1-2,4H3,(H,14,15). The van der Waals surface area contributed by atoms with Gasteiger partial charge in [0.1, 0.15) is 0 Å². The summed E-state index contributed by atoms with van der Waals surface area (Å²) < 4.78 is 9.95. The Bertz CT molecular complexity index is 351. The Morgan fingerprint density at radius 2 is 1.58 bits per heavy atom. The Morgan fingerprint density at radius 3 is 1.84 bits per heavy atom. The van der Waals surface area contributed by atoms with E-state index in [1.54, 1.807) is 13.8 Å². The molecule has 0 aliphatic carbocycles. The monoisotopic (exact) mass is 335 g/mol. The third kappa shape index (κ3) is 5.87. The summed E-state index contributed by atoms with van der Waals surface area (Å²) >= 11 is 3.08. The van der Waals surface area contributed by atoms with Gasteiger partial charge in [-0.15, -0.1) is 0 Å². The van der Waals surface area contributed by atoms with E-state index in [9.17, 15) is 14.4 Å². The molecule has 0 aliphatic heterocycles. The molecule has 0 aromatic rings. The molecule has 1 unspecified atom stereocenters. The summed E-state index contributed by atoms with van der Waals surface area (Å²) in [6, 6.07) is -0.921. The number of amides is 1. The first-order valence-electron chi connectivity index (χ1n) is 5.79. The normalized spacial score (nSPS) is 11.6. The van der Waals surface area contributed by atoms with Gasteiger partial charge in [0.2, 0.25) is 5.91 Å². The van der Waals surface area contributed by atoms with Crippen molar-refractivity contribution in [2.24, 2.45) is 5.92 Å². The first-order valence-corrected chi connectivity index (χ1v) is 6.59. The summed E-state index contributed by atoms with van der Waals surface area (Å²) in [6.45, 7) is 8.36. The summed E-state index contributed by atoms with van der Waals surface area (Å²) in [4.78, 5) is 34.8. The van der Waals surface area contributed by atoms with Crippen LogP contribution in [-0.2, 0) is 23.9 Å². The van der Waals surface area contributed by atoms with Crippen molar-refractivity contribution >= 4 is 33.8 Å². The van der Waals surface area contributed by atoms with E-state index >= 15 is 0 Å². The highest BCUT2D eigenvalue weighted by Crippen LogP contribution is 2.20. The average Bonchev–Trinajstić information content (AvgIpc) is 2.28. The second-order valence-electron chi connectivity index (χ2n) is 3.61. The lowest BCUT2D eigenvalue weighted by molar-refractivity contribution is -0.162. The minimum absolute atomic E-state index is 0.121. The van der Waals surface area contributed by atoms with Crippen LogP contribution in [-0.4, -0.2) is 37.1 Å². The molecule has 0 rings (SSSR count). The van der Waals surface area contributed by atoms with Crippen LogP contribution in [0, 0.1) is 5.92 Å². The molecule has 19 heavy (non-hydrogen) atoms. The molecule has 7 heteroatoms. The molecule has 0 radical (unpaired) electrons. The van der Waals surface area contributed by atoms with Crippen LogP contribution in [0.3, 0.4) is 0 Å². The van der Waals surface area contributed by atoms with E-state index in [0.29, 0.717) is 0 Å². The molecular formula is C12H18BrNO5. The van der Waals surface area contributed by atoms with Crippen molar-refractivity contribution in [1.82, 2.24) is 5.32 Å². The number of hydrogen-bond donors (Lipinski definition) is 1. The quantitative estimate of drug-likeness (QED) is 0.557. The summed E-state index contributed by atoms with van der Waals surface area (Å²) in [6.07, 6.45) is 0. The number of hydrogen-bond acceptors (Lipinski definition) is 5. The van der Waals surface area contributed by atoms with E-state index in [4.69, 9.17) is 9.47 Å². The van der Waals surface area contributed by atoms with Crippen LogP contribution in [0.5, 0.6) is 0 Å². The van der Waals surface area contributed by atoms with E-state index in [2.05, 4.69) is 27.8 Å². The molecule has 1 amide bonds. The van der Waals surface area contributed by atoms with Crippen molar-refractivity contribution in [2.75, 3.05) is 13.2 Å². The third-order valence-electron chi connectivity index (χ3n) is 2.11. The minimum atomic E-state index is -1.28. The van der Waals surface area contributed by atoms with Gasteiger partial charge in [0.25, 0.3) is 0 Å². The zero-order valence-electron chi connectivity index (χ0n) is 11.2. The fourth-order valence-corrected chi connectivity index (χ4v) is 1.77. The fraction of sp³-hybridized carbons (Fsp3) is 0.583. The molecule has 0 saturated carbocycles. The molecule has 0 aliphatic rings. The van der Waals surface area contributed by atoms with E-state index in [1.165, 1.54) is 6.92 Å². The van der Waals surface area contributed by atoms with Crippen molar-refractivity contribution in [2.45, 2.75) is 26.8 Å². The minimum Gasteiger partial charge on any atom is -0.465 e. The summed E-state index contributed by atoms with van der Waals surface area (Å²) in [5, 5.41) is 2.47. The highest BCUT2D eigenvalue weighted by Gasteiger charge is 2.39. The Kier molecular flexibility index (Phi) is 8.06. The van der Waals surface area contributed by atoms with E-state index in [0.717, 1.165) is 0 Å². The summed E-state index contributed by atoms with van der Waals surface area (Å²) in [7, 11) is 0. The van der Waals surface area contributed by atoms with Crippen molar-refractivity contribution < 1.29 is 23.9 Å². The smallest absolute Gasteiger partial charge is 0.322 e. The zero-order valence-corrected chi connectivity index (χ0v) is 12.8. The van der Waals surface area contributed by atoms with Gasteiger partial charge in [-0.25, -0.2) is 0 Å². The number of carbonyl (C=O) groups is 3. The van der Waals surface area contributed by atoms with Crippen LogP contribution in [0.4, 0.5) is 0 Å². The van der Waals surface area contributed by atoms with Crippen molar-refractivity contribution in [1.29, 1.82) is 0 Å². The predicted molar refractivity (Wildman–Crippen MR) is 72.4 cm³/mol. The van der Waals surface area contributed by atoms with Gasteiger partial charge >= 0.3 is 11.9 Å². The van der Waals surface area contributed by atoms with Gasteiger partial charge in [-0.05, 0) is 13.8 Å². The lowest BCUT2D eigenvalue weighted by atomic mass is 9.99. The van der Waals surface area contributed by atoms with Gasteiger partial charge in [0, 0.05) is 11.4 Å². The molecule has 0 spiro atoms. The van der Waals surface area contributed by atoms with Crippen LogP contribution < -0.4 is 5.32 Å². The number of carbonyl (C=O) groups excluding carboxylic acids is 3. The molecule has 0 aromatic carbocycles. The van der Waals surface area contributed by atoms with Gasteiger partial charge < -0.3 is 14.8 Å².